The maximum Gasteiger partial charge on any atom is 0.151 e. The number of ether oxygens (including phenoxy) is 1. The maximum atomic E-state index is 12.5. The average Bonchev–Trinajstić information content (AvgIpc) is 2.71. The normalized spacial score (nSPS) is 22.7. The molecule has 0 saturated heterocycles. The van der Waals surface area contributed by atoms with Gasteiger partial charge in [0.1, 0.15) is 5.75 Å². The number of carbonyl (C=O) groups is 1. The molecule has 104 valence electrons. The van der Waals surface area contributed by atoms with Crippen molar-refractivity contribution < 1.29 is 9.53 Å². The Balaban J connectivity index is 1.75. The summed E-state index contributed by atoms with van der Waals surface area (Å²) in [6.45, 7) is 0. The zero-order chi connectivity index (χ0) is 14.4. The first-order chi connectivity index (χ1) is 10.3. The van der Waals surface area contributed by atoms with Gasteiger partial charge < -0.3 is 4.74 Å². The number of carbonyl (C=O) groups excluding carboxylic acids is 1. The molecule has 21 heavy (non-hydrogen) atoms. The Morgan fingerprint density at radius 3 is 2.43 bits per heavy atom. The molecule has 2 aliphatic rings. The molecule has 0 aromatic heterocycles. The number of hydrogen-bond donors (Lipinski definition) is 0. The molecule has 2 aliphatic carbocycles. The smallest absolute Gasteiger partial charge is 0.151 e. The second-order valence-electron chi connectivity index (χ2n) is 5.69. The summed E-state index contributed by atoms with van der Waals surface area (Å²) in [5.74, 6) is 1.19. The Bertz CT molecular complexity index is 740. The van der Waals surface area contributed by atoms with Crippen LogP contribution in [-0.4, -0.2) is 12.9 Å². The lowest BCUT2D eigenvalue weighted by atomic mass is 9.83. The number of hydrogen-bond acceptors (Lipinski definition) is 2. The van der Waals surface area contributed by atoms with Crippen molar-refractivity contribution in [1.82, 2.24) is 0 Å². The van der Waals surface area contributed by atoms with Crippen LogP contribution < -0.4 is 4.74 Å². The Labute approximate surface area is 124 Å². The van der Waals surface area contributed by atoms with Crippen LogP contribution in [0.15, 0.2) is 54.6 Å². The van der Waals surface area contributed by atoms with Crippen LogP contribution >= 0.6 is 0 Å². The van der Waals surface area contributed by atoms with Crippen molar-refractivity contribution in [1.29, 1.82) is 0 Å². The monoisotopic (exact) mass is 276 g/mol. The van der Waals surface area contributed by atoms with E-state index >= 15 is 0 Å². The van der Waals surface area contributed by atoms with E-state index in [1.165, 1.54) is 22.3 Å². The second-order valence-corrected chi connectivity index (χ2v) is 5.69. The number of fused-ring (bicyclic) bond motifs is 5. The Morgan fingerprint density at radius 1 is 1.00 bits per heavy atom. The molecule has 0 fully saturated rings. The van der Waals surface area contributed by atoms with Crippen LogP contribution in [0.3, 0.4) is 0 Å². The summed E-state index contributed by atoms with van der Waals surface area (Å²) in [4.78, 5) is 12.5. The van der Waals surface area contributed by atoms with E-state index < -0.39 is 0 Å². The third kappa shape index (κ3) is 1.83. The fourth-order valence-electron chi connectivity index (χ4n) is 3.53. The van der Waals surface area contributed by atoms with Crippen LogP contribution in [0, 0.1) is 0 Å². The zero-order valence-electron chi connectivity index (χ0n) is 11.9. The summed E-state index contributed by atoms with van der Waals surface area (Å²) in [5.41, 5.74) is 4.86. The largest absolute Gasteiger partial charge is 0.497 e. The maximum absolute atomic E-state index is 12.5. The van der Waals surface area contributed by atoms with Gasteiger partial charge in [-0.25, -0.2) is 0 Å². The molecular weight excluding hydrogens is 260 g/mol. The van der Waals surface area contributed by atoms with E-state index in [1.54, 1.807) is 7.11 Å². The standard InChI is InChI=1S/C19H16O2/c1-21-14-8-6-12(7-9-14)13-10-17-15-4-2-3-5-16(15)18(11-13)19(17)20/h2-10,17-18H,11H2,1H3/t17-,18+/m0/s1. The number of ketones is 1. The van der Waals surface area contributed by atoms with Crippen LogP contribution in [0.25, 0.3) is 5.57 Å². The molecule has 2 atom stereocenters. The molecule has 2 nitrogen and oxygen atoms in total. The first-order valence-corrected chi connectivity index (χ1v) is 7.25. The minimum Gasteiger partial charge on any atom is -0.497 e. The quantitative estimate of drug-likeness (QED) is 0.830. The van der Waals surface area contributed by atoms with Gasteiger partial charge in [-0.3, -0.25) is 4.79 Å². The molecule has 0 amide bonds. The summed E-state index contributed by atoms with van der Waals surface area (Å²) >= 11 is 0. The van der Waals surface area contributed by atoms with Crippen LogP contribution in [0.4, 0.5) is 0 Å². The number of Topliss-reactive ketones (excluding diaryl/α,β-unsaturated/α-hetero) is 1. The third-order valence-electron chi connectivity index (χ3n) is 4.61. The first-order valence-electron chi connectivity index (χ1n) is 7.25. The molecule has 4 rings (SSSR count). The van der Waals surface area contributed by atoms with Crippen molar-refractivity contribution in [3.8, 4) is 5.75 Å². The number of allylic oxidation sites excluding steroid dienone is 2. The van der Waals surface area contributed by atoms with Gasteiger partial charge in [-0.05, 0) is 40.8 Å². The van der Waals surface area contributed by atoms with E-state index in [9.17, 15) is 4.79 Å². The molecule has 0 heterocycles. The lowest BCUT2D eigenvalue weighted by Crippen LogP contribution is -2.15. The van der Waals surface area contributed by atoms with E-state index in [0.29, 0.717) is 5.78 Å². The fourth-order valence-corrected chi connectivity index (χ4v) is 3.53. The second kappa shape index (κ2) is 4.59. The summed E-state index contributed by atoms with van der Waals surface area (Å²) in [6.07, 6.45) is 2.95. The van der Waals surface area contributed by atoms with Gasteiger partial charge >= 0.3 is 0 Å². The van der Waals surface area contributed by atoms with Crippen molar-refractivity contribution >= 4 is 11.4 Å². The van der Waals surface area contributed by atoms with Gasteiger partial charge in [-0.15, -0.1) is 0 Å². The van der Waals surface area contributed by atoms with Gasteiger partial charge in [0.2, 0.25) is 0 Å². The highest BCUT2D eigenvalue weighted by molar-refractivity contribution is 6.02. The van der Waals surface area contributed by atoms with Crippen LogP contribution in [0.5, 0.6) is 5.75 Å². The van der Waals surface area contributed by atoms with Gasteiger partial charge in [-0.1, -0.05) is 42.5 Å². The van der Waals surface area contributed by atoms with Gasteiger partial charge in [0.15, 0.2) is 5.78 Å². The molecule has 0 unspecified atom stereocenters. The predicted octanol–water partition coefficient (Wildman–Crippen LogP) is 3.93. The Kier molecular flexibility index (Phi) is 2.71. The average molecular weight is 276 g/mol. The highest BCUT2D eigenvalue weighted by Crippen LogP contribution is 2.48. The lowest BCUT2D eigenvalue weighted by molar-refractivity contribution is -0.120. The molecule has 0 saturated carbocycles. The van der Waals surface area contributed by atoms with Crippen molar-refractivity contribution in [3.05, 3.63) is 71.3 Å². The number of benzene rings is 2. The summed E-state index contributed by atoms with van der Waals surface area (Å²) in [6, 6.07) is 16.3. The highest BCUT2D eigenvalue weighted by atomic mass is 16.5. The molecule has 2 aromatic carbocycles. The molecule has 0 N–H and O–H groups in total. The number of rotatable bonds is 2. The van der Waals surface area contributed by atoms with Crippen molar-refractivity contribution in [2.45, 2.75) is 18.3 Å². The fraction of sp³-hybridized carbons (Fsp3) is 0.211. The topological polar surface area (TPSA) is 26.3 Å². The van der Waals surface area contributed by atoms with Crippen molar-refractivity contribution in [2.75, 3.05) is 7.11 Å². The number of methoxy groups -OCH3 is 1. The predicted molar refractivity (Wildman–Crippen MR) is 82.5 cm³/mol. The van der Waals surface area contributed by atoms with Crippen molar-refractivity contribution in [3.63, 3.8) is 0 Å². The highest BCUT2D eigenvalue weighted by Gasteiger charge is 2.41. The summed E-state index contributed by atoms with van der Waals surface area (Å²) in [5, 5.41) is 0. The van der Waals surface area contributed by atoms with E-state index in [4.69, 9.17) is 4.74 Å². The summed E-state index contributed by atoms with van der Waals surface area (Å²) < 4.78 is 5.21. The molecule has 0 aliphatic heterocycles. The minimum atomic E-state index is -0.0583. The zero-order valence-corrected chi connectivity index (χ0v) is 11.9. The van der Waals surface area contributed by atoms with Crippen LogP contribution in [0.2, 0.25) is 0 Å². The summed E-state index contributed by atoms with van der Waals surface area (Å²) in [7, 11) is 1.67. The first kappa shape index (κ1) is 12.4. The lowest BCUT2D eigenvalue weighted by Gasteiger charge is -2.19. The van der Waals surface area contributed by atoms with Crippen LogP contribution in [-0.2, 0) is 4.79 Å². The van der Waals surface area contributed by atoms with Crippen LogP contribution in [0.1, 0.15) is 34.9 Å². The molecule has 2 aromatic rings. The van der Waals surface area contributed by atoms with E-state index in [0.717, 1.165) is 12.2 Å². The third-order valence-corrected chi connectivity index (χ3v) is 4.61. The van der Waals surface area contributed by atoms with E-state index in [-0.39, 0.29) is 11.8 Å². The molecular formula is C19H16O2. The van der Waals surface area contributed by atoms with Gasteiger partial charge in [0.05, 0.1) is 13.0 Å². The molecule has 0 spiro atoms. The SMILES string of the molecule is COc1ccc(C2=C[C@@H]3C(=O)[C@H](C2)c2ccccc23)cc1. The molecule has 2 heteroatoms. The Morgan fingerprint density at radius 2 is 1.71 bits per heavy atom. The van der Waals surface area contributed by atoms with Crippen molar-refractivity contribution in [2.24, 2.45) is 0 Å². The minimum absolute atomic E-state index is 0.0355. The van der Waals surface area contributed by atoms with Gasteiger partial charge in [0, 0.05) is 5.92 Å². The Hall–Kier alpha value is -2.35. The van der Waals surface area contributed by atoms with Gasteiger partial charge in [0.25, 0.3) is 0 Å². The van der Waals surface area contributed by atoms with E-state index in [2.05, 4.69) is 30.3 Å². The van der Waals surface area contributed by atoms with Gasteiger partial charge in [-0.2, -0.15) is 0 Å². The molecule has 0 radical (unpaired) electrons. The van der Waals surface area contributed by atoms with E-state index in [1.807, 2.05) is 24.3 Å². The molecule has 2 bridgehead atoms.